The first-order valence-corrected chi connectivity index (χ1v) is 20.9. The number of fused-ring (bicyclic) bond motifs is 2. The number of carbonyl (C=O) groups excluding carboxylic acids is 1. The number of carbonyl (C=O) groups is 2. The molecule has 1 N–H and O–H groups in total. The summed E-state index contributed by atoms with van der Waals surface area (Å²) < 4.78 is 17.6. The standard InChI is InChI=1S/C24H31NO3.C23H29NO3/c1-3-17-7-10-21(11-8-17)28-23-6-4-5-19-13-18(9-12-22(19)23)14-25-15-20(16-25)24(26)27-2;1-2-16-6-9-20(10-7-16)27-22-5-3-4-18-12-17(8-11-21(18)22)13-24-14-19(15-24)23(25)26/h4-6,9,12-13,17,20-21H,3,7-8,10-11,14-16H2,1-2H3;3-5,8,11-12,16,19-20H,2,6-7,9-10,13-15H2,1H3,(H,25,26). The monoisotopic (exact) mass is 748 g/mol. The minimum Gasteiger partial charge on any atom is -0.490 e. The second kappa shape index (κ2) is 18.2. The zero-order valence-electron chi connectivity index (χ0n) is 33.1. The van der Waals surface area contributed by atoms with Crippen LogP contribution in [0.25, 0.3) is 21.5 Å². The molecule has 2 saturated heterocycles. The number of likely N-dealkylation sites (tertiary alicyclic amines) is 2. The number of hydrogen-bond donors (Lipinski definition) is 1. The van der Waals surface area contributed by atoms with E-state index in [0.29, 0.717) is 25.3 Å². The summed E-state index contributed by atoms with van der Waals surface area (Å²) in [5.41, 5.74) is 2.50. The molecule has 0 unspecified atom stereocenters. The molecule has 2 heterocycles. The van der Waals surface area contributed by atoms with Crippen molar-refractivity contribution >= 4 is 33.5 Å². The van der Waals surface area contributed by atoms with Crippen LogP contribution in [0.4, 0.5) is 0 Å². The van der Waals surface area contributed by atoms with Crippen molar-refractivity contribution in [3.8, 4) is 11.5 Å². The van der Waals surface area contributed by atoms with Crippen LogP contribution in [0.2, 0.25) is 0 Å². The highest BCUT2D eigenvalue weighted by Crippen LogP contribution is 2.35. The minimum absolute atomic E-state index is 0.0354. The van der Waals surface area contributed by atoms with Gasteiger partial charge in [0.05, 0.1) is 31.2 Å². The molecule has 55 heavy (non-hydrogen) atoms. The first kappa shape index (κ1) is 39.1. The molecule has 8 heteroatoms. The van der Waals surface area contributed by atoms with Crippen LogP contribution in [-0.4, -0.2) is 72.3 Å². The molecule has 0 amide bonds. The number of esters is 1. The highest BCUT2D eigenvalue weighted by Gasteiger charge is 2.34. The molecule has 4 aromatic rings. The summed E-state index contributed by atoms with van der Waals surface area (Å²) in [6.07, 6.45) is 13.1. The van der Waals surface area contributed by atoms with Gasteiger partial charge in [0.25, 0.3) is 0 Å². The van der Waals surface area contributed by atoms with E-state index in [-0.39, 0.29) is 17.8 Å². The van der Waals surface area contributed by atoms with E-state index >= 15 is 0 Å². The SMILES string of the molecule is CCC1CCC(Oc2cccc3cc(CN4CC(C(=O)O)C4)ccc23)CC1.CCC1CCC(Oc2cccc3cc(CN4CC(C(=O)OC)C4)ccc23)CC1. The van der Waals surface area contributed by atoms with Crippen LogP contribution in [0.1, 0.15) is 89.2 Å². The normalized spacial score (nSPS) is 23.6. The number of rotatable bonds is 12. The third-order valence-electron chi connectivity index (χ3n) is 12.7. The van der Waals surface area contributed by atoms with Crippen LogP contribution in [-0.2, 0) is 27.4 Å². The fourth-order valence-electron chi connectivity index (χ4n) is 9.07. The molecule has 2 aliphatic carbocycles. The second-order valence-electron chi connectivity index (χ2n) is 16.6. The van der Waals surface area contributed by atoms with Crippen molar-refractivity contribution in [3.63, 3.8) is 0 Å². The van der Waals surface area contributed by atoms with E-state index in [9.17, 15) is 9.59 Å². The van der Waals surface area contributed by atoms with E-state index in [1.54, 1.807) is 0 Å². The predicted molar refractivity (Wildman–Crippen MR) is 218 cm³/mol. The topological polar surface area (TPSA) is 88.5 Å². The Kier molecular flexibility index (Phi) is 12.9. The summed E-state index contributed by atoms with van der Waals surface area (Å²) in [5.74, 6) is 2.83. The Balaban J connectivity index is 0.000000169. The van der Waals surface area contributed by atoms with Gasteiger partial charge in [-0.05, 0) is 109 Å². The molecule has 8 nitrogen and oxygen atoms in total. The molecule has 294 valence electrons. The number of methoxy groups -OCH3 is 1. The molecule has 4 aromatic carbocycles. The van der Waals surface area contributed by atoms with Gasteiger partial charge in [0.2, 0.25) is 0 Å². The van der Waals surface area contributed by atoms with Crippen molar-refractivity contribution in [2.75, 3.05) is 33.3 Å². The van der Waals surface area contributed by atoms with Crippen LogP contribution in [0.3, 0.4) is 0 Å². The fourth-order valence-corrected chi connectivity index (χ4v) is 9.07. The van der Waals surface area contributed by atoms with Gasteiger partial charge in [-0.2, -0.15) is 0 Å². The molecule has 0 spiro atoms. The summed E-state index contributed by atoms with van der Waals surface area (Å²) in [4.78, 5) is 27.0. The highest BCUT2D eigenvalue weighted by atomic mass is 16.5. The first-order valence-electron chi connectivity index (χ1n) is 20.9. The van der Waals surface area contributed by atoms with Gasteiger partial charge in [-0.3, -0.25) is 19.4 Å². The van der Waals surface area contributed by atoms with E-state index < -0.39 is 5.97 Å². The third kappa shape index (κ3) is 9.82. The summed E-state index contributed by atoms with van der Waals surface area (Å²) in [5, 5.41) is 13.8. The second-order valence-corrected chi connectivity index (χ2v) is 16.6. The molecule has 2 aliphatic heterocycles. The van der Waals surface area contributed by atoms with Gasteiger partial charge in [0.15, 0.2) is 0 Å². The van der Waals surface area contributed by atoms with Gasteiger partial charge in [-0.1, -0.05) is 75.2 Å². The van der Waals surface area contributed by atoms with E-state index in [0.717, 1.165) is 62.4 Å². The van der Waals surface area contributed by atoms with Gasteiger partial charge in [0.1, 0.15) is 11.5 Å². The molecule has 0 aromatic heterocycles. The lowest BCUT2D eigenvalue weighted by molar-refractivity contribution is -0.151. The number of benzene rings is 4. The van der Waals surface area contributed by atoms with Crippen molar-refractivity contribution in [2.24, 2.45) is 23.7 Å². The third-order valence-corrected chi connectivity index (χ3v) is 12.7. The van der Waals surface area contributed by atoms with Crippen LogP contribution in [0.15, 0.2) is 72.8 Å². The number of carboxylic acid groups (broad SMARTS) is 1. The Hall–Kier alpha value is -4.14. The van der Waals surface area contributed by atoms with Crippen molar-refractivity contribution in [1.29, 1.82) is 0 Å². The van der Waals surface area contributed by atoms with Gasteiger partial charge >= 0.3 is 11.9 Å². The van der Waals surface area contributed by atoms with E-state index in [1.807, 2.05) is 0 Å². The van der Waals surface area contributed by atoms with E-state index in [2.05, 4.69) is 96.4 Å². The number of carboxylic acids is 1. The number of hydrogen-bond acceptors (Lipinski definition) is 7. The number of aliphatic carboxylic acids is 1. The molecule has 0 radical (unpaired) electrons. The van der Waals surface area contributed by atoms with Gasteiger partial charge in [0, 0.05) is 50.0 Å². The average Bonchev–Trinajstić information content (AvgIpc) is 3.17. The van der Waals surface area contributed by atoms with Crippen LogP contribution in [0.5, 0.6) is 11.5 Å². The Bertz CT molecular complexity index is 1900. The van der Waals surface area contributed by atoms with Crippen LogP contribution >= 0.6 is 0 Å². The quantitative estimate of drug-likeness (QED) is 0.144. The fraction of sp³-hybridized carbons (Fsp3) is 0.532. The lowest BCUT2D eigenvalue weighted by atomic mass is 9.86. The maximum atomic E-state index is 11.5. The Morgan fingerprint density at radius 3 is 1.45 bits per heavy atom. The predicted octanol–water partition coefficient (Wildman–Crippen LogP) is 9.50. The molecular weight excluding hydrogens is 689 g/mol. The maximum absolute atomic E-state index is 11.5. The maximum Gasteiger partial charge on any atom is 0.311 e. The number of nitrogens with zero attached hydrogens (tertiary/aromatic N) is 2. The van der Waals surface area contributed by atoms with Crippen LogP contribution < -0.4 is 9.47 Å². The van der Waals surface area contributed by atoms with Crippen LogP contribution in [0, 0.1) is 23.7 Å². The van der Waals surface area contributed by atoms with Gasteiger partial charge in [-0.15, -0.1) is 0 Å². The molecule has 2 saturated carbocycles. The summed E-state index contributed by atoms with van der Waals surface area (Å²) in [6, 6.07) is 25.8. The zero-order chi connectivity index (χ0) is 38.3. The lowest BCUT2D eigenvalue weighted by Gasteiger charge is -2.37. The summed E-state index contributed by atoms with van der Waals surface area (Å²) in [7, 11) is 1.46. The molecular formula is C47H60N2O6. The van der Waals surface area contributed by atoms with Crippen molar-refractivity contribution in [1.82, 2.24) is 9.80 Å². The van der Waals surface area contributed by atoms with Crippen molar-refractivity contribution in [3.05, 3.63) is 83.9 Å². The van der Waals surface area contributed by atoms with Crippen molar-refractivity contribution in [2.45, 2.75) is 103 Å². The van der Waals surface area contributed by atoms with E-state index in [1.165, 1.54) is 91.1 Å². The lowest BCUT2D eigenvalue weighted by Crippen LogP contribution is -2.49. The Morgan fingerprint density at radius 1 is 0.618 bits per heavy atom. The Labute approximate surface area is 327 Å². The molecule has 0 bridgehead atoms. The van der Waals surface area contributed by atoms with Gasteiger partial charge in [-0.25, -0.2) is 0 Å². The summed E-state index contributed by atoms with van der Waals surface area (Å²) in [6.45, 7) is 9.14. The first-order chi connectivity index (χ1) is 26.8. The molecule has 0 atom stereocenters. The van der Waals surface area contributed by atoms with E-state index in [4.69, 9.17) is 19.3 Å². The minimum atomic E-state index is -0.681. The molecule has 4 aliphatic rings. The summed E-state index contributed by atoms with van der Waals surface area (Å²) >= 11 is 0. The molecule has 8 rings (SSSR count). The zero-order valence-corrected chi connectivity index (χ0v) is 33.1. The molecule has 4 fully saturated rings. The number of ether oxygens (including phenoxy) is 3. The van der Waals surface area contributed by atoms with Crippen molar-refractivity contribution < 1.29 is 28.9 Å². The highest BCUT2D eigenvalue weighted by molar-refractivity contribution is 5.89. The van der Waals surface area contributed by atoms with Gasteiger partial charge < -0.3 is 19.3 Å². The largest absolute Gasteiger partial charge is 0.490 e. The Morgan fingerprint density at radius 2 is 1.05 bits per heavy atom. The smallest absolute Gasteiger partial charge is 0.311 e. The average molecular weight is 749 g/mol.